The van der Waals surface area contributed by atoms with Crippen molar-refractivity contribution in [2.45, 2.75) is 46.1 Å². The van der Waals surface area contributed by atoms with Crippen molar-refractivity contribution in [1.82, 2.24) is 10.4 Å². The molecule has 0 aromatic heterocycles. The quantitative estimate of drug-likeness (QED) is 0.225. The number of aliphatic hydroxyl groups excluding tert-OH is 1. The summed E-state index contributed by atoms with van der Waals surface area (Å²) < 4.78 is 5.46. The second-order valence-corrected chi connectivity index (χ2v) is 8.15. The van der Waals surface area contributed by atoms with E-state index >= 15 is 0 Å². The average molecular weight is 451 g/mol. The second kappa shape index (κ2) is 13.1. The molecule has 33 heavy (non-hydrogen) atoms. The van der Waals surface area contributed by atoms with E-state index in [1.807, 2.05) is 24.3 Å². The van der Waals surface area contributed by atoms with Gasteiger partial charge >= 0.3 is 0 Å². The Kier molecular flexibility index (Phi) is 9.84. The number of nitrogens with one attached hydrogen (secondary N) is 1. The zero-order chi connectivity index (χ0) is 23.5. The van der Waals surface area contributed by atoms with Crippen LogP contribution in [0.1, 0.15) is 48.2 Å². The molecule has 3 rings (SSSR count). The summed E-state index contributed by atoms with van der Waals surface area (Å²) in [6.07, 6.45) is 1.50. The van der Waals surface area contributed by atoms with Crippen LogP contribution in [0.5, 0.6) is 0 Å². The summed E-state index contributed by atoms with van der Waals surface area (Å²) in [5.41, 5.74) is 5.23. The zero-order valence-corrected chi connectivity index (χ0v) is 19.5. The zero-order valence-electron chi connectivity index (χ0n) is 19.5. The van der Waals surface area contributed by atoms with Gasteiger partial charge < -0.3 is 9.84 Å². The normalized spacial score (nSPS) is 12.2. The maximum atomic E-state index is 12.3. The fourth-order valence-electron chi connectivity index (χ4n) is 3.59. The summed E-state index contributed by atoms with van der Waals surface area (Å²) in [5.74, 6) is -0.309. The first kappa shape index (κ1) is 24.9. The van der Waals surface area contributed by atoms with Gasteiger partial charge in [-0.3, -0.25) is 9.69 Å². The topological polar surface area (TPSA) is 71.0 Å². The van der Waals surface area contributed by atoms with E-state index in [9.17, 15) is 9.90 Å². The molecular weight excluding hydrogens is 416 g/mol. The number of unbranched alkanes of at least 4 members (excludes halogenated alkanes) is 1. The number of carbonyl (C=O) groups is 1. The Bertz CT molecular complexity index is 1010. The van der Waals surface area contributed by atoms with Gasteiger partial charge in [0.2, 0.25) is 0 Å². The van der Waals surface area contributed by atoms with E-state index in [0.717, 1.165) is 24.9 Å². The highest BCUT2D eigenvalue weighted by Gasteiger charge is 2.11. The molecule has 1 amide bonds. The van der Waals surface area contributed by atoms with E-state index in [4.69, 9.17) is 9.57 Å². The molecule has 3 aromatic carbocycles. The lowest BCUT2D eigenvalue weighted by Crippen LogP contribution is -2.30. The standard InChI is InChI=1S/C27H34N2O4/c1-3-4-17-32-21(2)33-28-27(31)25-13-9-22(10-14-25)19-29(15-16-30)20-23-11-12-24-7-5-6-8-26(24)18-23/h5-14,18,21,30H,3-4,15-17,19-20H2,1-2H3,(H,28,31)/t21-/m1/s1. The van der Waals surface area contributed by atoms with Crippen LogP contribution in [0.25, 0.3) is 10.8 Å². The van der Waals surface area contributed by atoms with Gasteiger partial charge in [-0.25, -0.2) is 10.3 Å². The van der Waals surface area contributed by atoms with Gasteiger partial charge in [-0.15, -0.1) is 0 Å². The maximum absolute atomic E-state index is 12.3. The Labute approximate surface area is 196 Å². The number of hydroxylamine groups is 1. The molecule has 0 aliphatic carbocycles. The summed E-state index contributed by atoms with van der Waals surface area (Å²) in [7, 11) is 0. The van der Waals surface area contributed by atoms with Gasteiger partial charge in [0.1, 0.15) is 0 Å². The van der Waals surface area contributed by atoms with Crippen LogP contribution in [-0.4, -0.2) is 42.0 Å². The van der Waals surface area contributed by atoms with Crippen molar-refractivity contribution in [3.63, 3.8) is 0 Å². The Morgan fingerprint density at radius 3 is 2.42 bits per heavy atom. The number of ether oxygens (including phenoxy) is 1. The first-order chi connectivity index (χ1) is 16.1. The highest BCUT2D eigenvalue weighted by molar-refractivity contribution is 5.93. The van der Waals surface area contributed by atoms with Crippen LogP contribution in [-0.2, 0) is 22.7 Å². The van der Waals surface area contributed by atoms with Crippen LogP contribution in [0.4, 0.5) is 0 Å². The molecule has 0 heterocycles. The lowest BCUT2D eigenvalue weighted by molar-refractivity contribution is -0.158. The van der Waals surface area contributed by atoms with Crippen molar-refractivity contribution < 1.29 is 19.5 Å². The van der Waals surface area contributed by atoms with E-state index in [0.29, 0.717) is 25.3 Å². The number of benzene rings is 3. The maximum Gasteiger partial charge on any atom is 0.274 e. The monoisotopic (exact) mass is 450 g/mol. The molecule has 0 aliphatic heterocycles. The smallest absolute Gasteiger partial charge is 0.274 e. The third-order valence-electron chi connectivity index (χ3n) is 5.43. The molecule has 0 unspecified atom stereocenters. The van der Waals surface area contributed by atoms with Gasteiger partial charge in [-0.1, -0.05) is 61.9 Å². The molecule has 3 aromatic rings. The van der Waals surface area contributed by atoms with E-state index < -0.39 is 6.29 Å². The lowest BCUT2D eigenvalue weighted by Gasteiger charge is -2.22. The average Bonchev–Trinajstić information content (AvgIpc) is 2.83. The van der Waals surface area contributed by atoms with Crippen LogP contribution in [0.2, 0.25) is 0 Å². The number of aliphatic hydroxyl groups is 1. The molecule has 6 heteroatoms. The van der Waals surface area contributed by atoms with E-state index in [1.165, 1.54) is 16.3 Å². The fraction of sp³-hybridized carbons (Fsp3) is 0.370. The van der Waals surface area contributed by atoms with Crippen molar-refractivity contribution in [3.05, 3.63) is 83.4 Å². The van der Waals surface area contributed by atoms with E-state index in [1.54, 1.807) is 19.1 Å². The summed E-state index contributed by atoms with van der Waals surface area (Å²) >= 11 is 0. The Balaban J connectivity index is 1.55. The third-order valence-corrected chi connectivity index (χ3v) is 5.43. The minimum atomic E-state index is -0.498. The van der Waals surface area contributed by atoms with Crippen molar-refractivity contribution >= 4 is 16.7 Å². The van der Waals surface area contributed by atoms with Gasteiger partial charge in [0, 0.05) is 31.8 Å². The molecule has 6 nitrogen and oxygen atoms in total. The second-order valence-electron chi connectivity index (χ2n) is 8.15. The highest BCUT2D eigenvalue weighted by atomic mass is 16.8. The predicted molar refractivity (Wildman–Crippen MR) is 130 cm³/mol. The lowest BCUT2D eigenvalue weighted by atomic mass is 10.1. The van der Waals surface area contributed by atoms with Gasteiger partial charge in [0.15, 0.2) is 6.29 Å². The molecule has 0 radical (unpaired) electrons. The van der Waals surface area contributed by atoms with Crippen LogP contribution < -0.4 is 5.48 Å². The van der Waals surface area contributed by atoms with Gasteiger partial charge in [0.25, 0.3) is 5.91 Å². The van der Waals surface area contributed by atoms with Crippen LogP contribution >= 0.6 is 0 Å². The molecule has 0 aliphatic rings. The van der Waals surface area contributed by atoms with Crippen LogP contribution in [0.3, 0.4) is 0 Å². The number of hydrogen-bond acceptors (Lipinski definition) is 5. The molecule has 0 saturated carbocycles. The highest BCUT2D eigenvalue weighted by Crippen LogP contribution is 2.18. The minimum absolute atomic E-state index is 0.0872. The third kappa shape index (κ3) is 7.94. The summed E-state index contributed by atoms with van der Waals surface area (Å²) in [4.78, 5) is 19.8. The predicted octanol–water partition coefficient (Wildman–Crippen LogP) is 4.66. The number of fused-ring (bicyclic) bond motifs is 1. The Morgan fingerprint density at radius 2 is 1.70 bits per heavy atom. The van der Waals surface area contributed by atoms with Crippen molar-refractivity contribution in [2.24, 2.45) is 0 Å². The molecule has 0 fully saturated rings. The first-order valence-electron chi connectivity index (χ1n) is 11.6. The molecule has 1 atom stereocenters. The number of hydrogen-bond donors (Lipinski definition) is 2. The first-order valence-corrected chi connectivity index (χ1v) is 11.6. The van der Waals surface area contributed by atoms with Crippen molar-refractivity contribution in [1.29, 1.82) is 0 Å². The van der Waals surface area contributed by atoms with Crippen molar-refractivity contribution in [2.75, 3.05) is 19.8 Å². The minimum Gasteiger partial charge on any atom is -0.395 e. The van der Waals surface area contributed by atoms with Gasteiger partial charge in [-0.05, 0) is 53.4 Å². The summed E-state index contributed by atoms with van der Waals surface area (Å²) in [5, 5.41) is 12.0. The van der Waals surface area contributed by atoms with E-state index in [2.05, 4.69) is 47.6 Å². The SMILES string of the molecule is CCCCO[C@@H](C)ONC(=O)c1ccc(CN(CCO)Cc2ccc3ccccc3c2)cc1. The van der Waals surface area contributed by atoms with Gasteiger partial charge in [-0.2, -0.15) is 0 Å². The van der Waals surface area contributed by atoms with Crippen LogP contribution in [0, 0.1) is 0 Å². The summed E-state index contributed by atoms with van der Waals surface area (Å²) in [6.45, 7) is 6.51. The molecule has 176 valence electrons. The molecule has 0 spiro atoms. The largest absolute Gasteiger partial charge is 0.395 e. The van der Waals surface area contributed by atoms with Crippen LogP contribution in [0.15, 0.2) is 66.7 Å². The number of amides is 1. The Hall–Kier alpha value is -2.77. The fourth-order valence-corrected chi connectivity index (χ4v) is 3.59. The van der Waals surface area contributed by atoms with Crippen molar-refractivity contribution in [3.8, 4) is 0 Å². The number of carbonyl (C=O) groups excluding carboxylic acids is 1. The molecular formula is C27H34N2O4. The Morgan fingerprint density at radius 1 is 1.00 bits per heavy atom. The molecule has 0 bridgehead atoms. The summed E-state index contributed by atoms with van der Waals surface area (Å²) in [6, 6.07) is 22.2. The number of rotatable bonds is 13. The molecule has 2 N–H and O–H groups in total. The number of nitrogens with zero attached hydrogens (tertiary/aromatic N) is 1. The van der Waals surface area contributed by atoms with Gasteiger partial charge in [0.05, 0.1) is 6.61 Å². The van der Waals surface area contributed by atoms with E-state index in [-0.39, 0.29) is 12.5 Å². The molecule has 0 saturated heterocycles.